The van der Waals surface area contributed by atoms with E-state index in [0.29, 0.717) is 19.8 Å². The van der Waals surface area contributed by atoms with E-state index >= 15 is 0 Å². The van der Waals surface area contributed by atoms with Crippen molar-refractivity contribution in [3.8, 4) is 11.5 Å². The van der Waals surface area contributed by atoms with Crippen molar-refractivity contribution >= 4 is 0 Å². The Morgan fingerprint density at radius 2 is 2.11 bits per heavy atom. The minimum absolute atomic E-state index is 0.0594. The molecule has 1 atom stereocenters. The summed E-state index contributed by atoms with van der Waals surface area (Å²) >= 11 is 0. The van der Waals surface area contributed by atoms with Crippen molar-refractivity contribution in [3.05, 3.63) is 29.6 Å². The summed E-state index contributed by atoms with van der Waals surface area (Å²) in [7, 11) is 1.80. The van der Waals surface area contributed by atoms with Crippen LogP contribution in [0.5, 0.6) is 11.5 Å². The third-order valence-electron chi connectivity index (χ3n) is 3.17. The van der Waals surface area contributed by atoms with Crippen molar-refractivity contribution in [1.29, 1.82) is 0 Å². The maximum atomic E-state index is 5.86. The Labute approximate surface area is 110 Å². The minimum atomic E-state index is -0.0594. The molecule has 1 unspecified atom stereocenters. The van der Waals surface area contributed by atoms with Crippen LogP contribution < -0.4 is 15.2 Å². The second-order valence-electron chi connectivity index (χ2n) is 4.35. The van der Waals surface area contributed by atoms with Crippen molar-refractivity contribution < 1.29 is 9.47 Å². The van der Waals surface area contributed by atoms with Crippen LogP contribution >= 0.6 is 0 Å². The maximum absolute atomic E-state index is 5.86. The Hall–Kier alpha value is -2.15. The fourth-order valence-corrected chi connectivity index (χ4v) is 2.20. The molecule has 0 saturated heterocycles. The van der Waals surface area contributed by atoms with Gasteiger partial charge in [-0.05, 0) is 28.1 Å². The Morgan fingerprint density at radius 1 is 1.32 bits per heavy atom. The van der Waals surface area contributed by atoms with E-state index in [1.165, 1.54) is 0 Å². The molecule has 3 rings (SSSR count). The van der Waals surface area contributed by atoms with Gasteiger partial charge in [0.2, 0.25) is 0 Å². The molecule has 100 valence electrons. The smallest absolute Gasteiger partial charge is 0.161 e. The first-order valence-corrected chi connectivity index (χ1v) is 6.11. The third kappa shape index (κ3) is 2.12. The number of nitrogens with zero attached hydrogens (tertiary/aromatic N) is 4. The lowest BCUT2D eigenvalue weighted by Crippen LogP contribution is -2.19. The molecule has 2 N–H and O–H groups in total. The van der Waals surface area contributed by atoms with E-state index in [1.807, 2.05) is 18.2 Å². The highest BCUT2D eigenvalue weighted by Gasteiger charge is 2.21. The van der Waals surface area contributed by atoms with Crippen molar-refractivity contribution in [1.82, 2.24) is 20.2 Å². The molecule has 0 amide bonds. The lowest BCUT2D eigenvalue weighted by Gasteiger charge is -2.21. The highest BCUT2D eigenvalue weighted by Crippen LogP contribution is 2.34. The van der Waals surface area contributed by atoms with Gasteiger partial charge in [0.05, 0.1) is 5.92 Å². The topological polar surface area (TPSA) is 88.1 Å². The third-order valence-corrected chi connectivity index (χ3v) is 3.17. The lowest BCUT2D eigenvalue weighted by molar-refractivity contribution is 0.171. The van der Waals surface area contributed by atoms with E-state index in [0.717, 1.165) is 22.9 Å². The fourth-order valence-electron chi connectivity index (χ4n) is 2.20. The van der Waals surface area contributed by atoms with Gasteiger partial charge in [0.1, 0.15) is 13.2 Å². The van der Waals surface area contributed by atoms with Gasteiger partial charge in [0.15, 0.2) is 17.3 Å². The van der Waals surface area contributed by atoms with Crippen molar-refractivity contribution in [3.63, 3.8) is 0 Å². The molecule has 2 aromatic rings. The van der Waals surface area contributed by atoms with Gasteiger partial charge in [-0.3, -0.25) is 0 Å². The molecule has 0 spiro atoms. The van der Waals surface area contributed by atoms with Gasteiger partial charge in [-0.15, -0.1) is 5.10 Å². The number of hydrogen-bond donors (Lipinski definition) is 1. The standard InChI is InChI=1S/C12H15N5O2/c1-17-12(14-15-16-17)9(7-13)8-2-3-10-11(6-8)19-5-4-18-10/h2-3,6,9H,4-5,7,13H2,1H3. The number of nitrogens with two attached hydrogens (primary N) is 1. The summed E-state index contributed by atoms with van der Waals surface area (Å²) in [5.41, 5.74) is 6.88. The van der Waals surface area contributed by atoms with E-state index in [4.69, 9.17) is 15.2 Å². The molecule has 7 heteroatoms. The predicted octanol–water partition coefficient (Wildman–Crippen LogP) is 0.0719. The highest BCUT2D eigenvalue weighted by atomic mass is 16.6. The Balaban J connectivity index is 1.98. The molecule has 2 heterocycles. The van der Waals surface area contributed by atoms with Crippen molar-refractivity contribution in [2.45, 2.75) is 5.92 Å². The zero-order valence-corrected chi connectivity index (χ0v) is 10.6. The molecule has 0 aliphatic carbocycles. The van der Waals surface area contributed by atoms with Crippen LogP contribution in [0.25, 0.3) is 0 Å². The first-order chi connectivity index (χ1) is 9.29. The van der Waals surface area contributed by atoms with Crippen LogP contribution in [-0.2, 0) is 7.05 Å². The number of tetrazole rings is 1. The first-order valence-electron chi connectivity index (χ1n) is 6.11. The second-order valence-corrected chi connectivity index (χ2v) is 4.35. The summed E-state index contributed by atoms with van der Waals surface area (Å²) < 4.78 is 12.7. The van der Waals surface area contributed by atoms with Crippen molar-refractivity contribution in [2.75, 3.05) is 19.8 Å². The number of benzene rings is 1. The average molecular weight is 261 g/mol. The zero-order valence-electron chi connectivity index (χ0n) is 10.6. The molecule has 0 saturated carbocycles. The molecule has 1 aliphatic rings. The monoisotopic (exact) mass is 261 g/mol. The Bertz CT molecular complexity index is 583. The van der Waals surface area contributed by atoms with E-state index < -0.39 is 0 Å². The quantitative estimate of drug-likeness (QED) is 0.841. The number of ether oxygens (including phenoxy) is 2. The van der Waals surface area contributed by atoms with Gasteiger partial charge in [-0.2, -0.15) is 0 Å². The van der Waals surface area contributed by atoms with E-state index in [2.05, 4.69) is 15.5 Å². The Morgan fingerprint density at radius 3 is 2.79 bits per heavy atom. The predicted molar refractivity (Wildman–Crippen MR) is 67.1 cm³/mol. The van der Waals surface area contributed by atoms with E-state index in [-0.39, 0.29) is 5.92 Å². The van der Waals surface area contributed by atoms with Gasteiger partial charge in [-0.1, -0.05) is 6.07 Å². The molecule has 0 bridgehead atoms. The number of aryl methyl sites for hydroxylation is 1. The molecule has 1 aromatic heterocycles. The molecule has 1 aliphatic heterocycles. The van der Waals surface area contributed by atoms with Crippen LogP contribution in [0.3, 0.4) is 0 Å². The second kappa shape index (κ2) is 4.85. The molecule has 1 aromatic carbocycles. The fraction of sp³-hybridized carbons (Fsp3) is 0.417. The highest BCUT2D eigenvalue weighted by molar-refractivity contribution is 5.45. The zero-order chi connectivity index (χ0) is 13.2. The molecule has 0 radical (unpaired) electrons. The summed E-state index contributed by atoms with van der Waals surface area (Å²) in [5.74, 6) is 2.19. The van der Waals surface area contributed by atoms with Gasteiger partial charge in [0.25, 0.3) is 0 Å². The van der Waals surface area contributed by atoms with Crippen LogP contribution in [0, 0.1) is 0 Å². The lowest BCUT2D eigenvalue weighted by atomic mass is 9.98. The van der Waals surface area contributed by atoms with Crippen LogP contribution in [-0.4, -0.2) is 40.0 Å². The van der Waals surface area contributed by atoms with Crippen LogP contribution in [0.15, 0.2) is 18.2 Å². The largest absolute Gasteiger partial charge is 0.486 e. The average Bonchev–Trinajstić information content (AvgIpc) is 2.86. The minimum Gasteiger partial charge on any atom is -0.486 e. The molecule has 0 fully saturated rings. The van der Waals surface area contributed by atoms with E-state index in [1.54, 1.807) is 11.7 Å². The van der Waals surface area contributed by atoms with Gasteiger partial charge >= 0.3 is 0 Å². The molecule has 19 heavy (non-hydrogen) atoms. The van der Waals surface area contributed by atoms with Crippen LogP contribution in [0.1, 0.15) is 17.3 Å². The van der Waals surface area contributed by atoms with Crippen LogP contribution in [0.4, 0.5) is 0 Å². The normalized spacial score (nSPS) is 15.3. The first kappa shape index (κ1) is 11.9. The summed E-state index contributed by atoms with van der Waals surface area (Å²) in [6.45, 7) is 1.57. The van der Waals surface area contributed by atoms with Gasteiger partial charge in [0, 0.05) is 13.6 Å². The molecular formula is C12H15N5O2. The maximum Gasteiger partial charge on any atom is 0.161 e. The van der Waals surface area contributed by atoms with Gasteiger partial charge < -0.3 is 15.2 Å². The molecular weight excluding hydrogens is 246 g/mol. The number of hydrogen-bond acceptors (Lipinski definition) is 6. The molecule has 7 nitrogen and oxygen atoms in total. The summed E-state index contributed by atoms with van der Waals surface area (Å²) in [5, 5.41) is 11.5. The van der Waals surface area contributed by atoms with E-state index in [9.17, 15) is 0 Å². The summed E-state index contributed by atoms with van der Waals surface area (Å²) in [6, 6.07) is 5.82. The number of fused-ring (bicyclic) bond motifs is 1. The number of rotatable bonds is 3. The number of aromatic nitrogens is 4. The van der Waals surface area contributed by atoms with Gasteiger partial charge in [-0.25, -0.2) is 4.68 Å². The van der Waals surface area contributed by atoms with Crippen molar-refractivity contribution in [2.24, 2.45) is 12.8 Å². The summed E-state index contributed by atoms with van der Waals surface area (Å²) in [6.07, 6.45) is 0. The summed E-state index contributed by atoms with van der Waals surface area (Å²) in [4.78, 5) is 0. The SMILES string of the molecule is Cn1nnnc1C(CN)c1ccc2c(c1)OCCO2. The Kier molecular flexibility index (Phi) is 3.04. The van der Waals surface area contributed by atoms with Crippen LogP contribution in [0.2, 0.25) is 0 Å².